The molecule has 0 aliphatic carbocycles. The summed E-state index contributed by atoms with van der Waals surface area (Å²) >= 11 is 6.26. The zero-order valence-corrected chi connectivity index (χ0v) is 14.3. The average Bonchev–Trinajstić information content (AvgIpc) is 3.15. The van der Waals surface area contributed by atoms with E-state index in [1.54, 1.807) is 36.4 Å². The van der Waals surface area contributed by atoms with Gasteiger partial charge in [-0.2, -0.15) is 5.10 Å². The highest BCUT2D eigenvalue weighted by Crippen LogP contribution is 2.30. The smallest absolute Gasteiger partial charge is 0.255 e. The Labute approximate surface area is 149 Å². The zero-order valence-electron chi connectivity index (χ0n) is 13.6. The van der Waals surface area contributed by atoms with E-state index in [2.05, 4.69) is 15.4 Å². The lowest BCUT2D eigenvalue weighted by atomic mass is 10.1. The fourth-order valence-electron chi connectivity index (χ4n) is 2.34. The van der Waals surface area contributed by atoms with Gasteiger partial charge in [0.15, 0.2) is 11.5 Å². The average molecular weight is 359 g/mol. The highest BCUT2D eigenvalue weighted by Gasteiger charge is 2.15. The quantitative estimate of drug-likeness (QED) is 0.757. The van der Waals surface area contributed by atoms with E-state index in [1.807, 2.05) is 0 Å². The van der Waals surface area contributed by atoms with Gasteiger partial charge < -0.3 is 14.8 Å². The largest absolute Gasteiger partial charge is 0.493 e. The molecule has 3 aromatic rings. The number of amides is 1. The molecular formula is C17H15ClN4O3. The van der Waals surface area contributed by atoms with Crippen molar-refractivity contribution in [1.82, 2.24) is 14.8 Å². The Kier molecular flexibility index (Phi) is 4.85. The number of carbonyl (C=O) groups excluding carboxylic acids is 1. The monoisotopic (exact) mass is 358 g/mol. The number of hydrogen-bond acceptors (Lipinski definition) is 5. The molecule has 0 saturated carbocycles. The number of nitrogens with zero attached hydrogens (tertiary/aromatic N) is 3. The summed E-state index contributed by atoms with van der Waals surface area (Å²) in [6.45, 7) is 0. The number of ether oxygens (including phenoxy) is 2. The van der Waals surface area contributed by atoms with E-state index in [0.29, 0.717) is 33.5 Å². The van der Waals surface area contributed by atoms with Crippen molar-refractivity contribution in [3.05, 3.63) is 59.6 Å². The molecule has 0 aliphatic rings. The molecule has 1 aromatic heterocycles. The van der Waals surface area contributed by atoms with Crippen LogP contribution in [-0.2, 0) is 0 Å². The third kappa shape index (κ3) is 3.41. The van der Waals surface area contributed by atoms with Gasteiger partial charge in [0.25, 0.3) is 5.91 Å². The fourth-order valence-corrected chi connectivity index (χ4v) is 2.61. The van der Waals surface area contributed by atoms with Crippen molar-refractivity contribution in [2.75, 3.05) is 19.5 Å². The van der Waals surface area contributed by atoms with Gasteiger partial charge in [0.05, 0.1) is 24.9 Å². The number of benzene rings is 2. The molecular weight excluding hydrogens is 344 g/mol. The fraction of sp³-hybridized carbons (Fsp3) is 0.118. The van der Waals surface area contributed by atoms with Crippen LogP contribution in [0.25, 0.3) is 5.69 Å². The topological polar surface area (TPSA) is 78.3 Å². The van der Waals surface area contributed by atoms with Crippen molar-refractivity contribution in [1.29, 1.82) is 0 Å². The standard InChI is InChI=1S/C17H15ClN4O3/c1-24-14-7-6-11(8-15(14)25-2)17(23)21-13-5-3-4-12(18)16(13)22-10-19-9-20-22/h3-10H,1-2H3,(H,21,23). The lowest BCUT2D eigenvalue weighted by Gasteiger charge is -2.13. The van der Waals surface area contributed by atoms with Gasteiger partial charge in [-0.05, 0) is 30.3 Å². The van der Waals surface area contributed by atoms with E-state index in [4.69, 9.17) is 21.1 Å². The van der Waals surface area contributed by atoms with Crippen LogP contribution in [0.1, 0.15) is 10.4 Å². The molecule has 0 atom stereocenters. The molecule has 1 amide bonds. The molecule has 1 N–H and O–H groups in total. The summed E-state index contributed by atoms with van der Waals surface area (Å²) in [6.07, 6.45) is 2.90. The van der Waals surface area contributed by atoms with Gasteiger partial charge >= 0.3 is 0 Å². The van der Waals surface area contributed by atoms with E-state index < -0.39 is 0 Å². The predicted octanol–water partition coefficient (Wildman–Crippen LogP) is 3.19. The number of carbonyl (C=O) groups is 1. The van der Waals surface area contributed by atoms with Crippen molar-refractivity contribution >= 4 is 23.2 Å². The van der Waals surface area contributed by atoms with Crippen LogP contribution in [0, 0.1) is 0 Å². The minimum absolute atomic E-state index is 0.315. The van der Waals surface area contributed by atoms with Crippen LogP contribution in [0.3, 0.4) is 0 Å². The number of nitrogens with one attached hydrogen (secondary N) is 1. The van der Waals surface area contributed by atoms with Gasteiger partial charge in [0.1, 0.15) is 18.3 Å². The number of para-hydroxylation sites is 1. The van der Waals surface area contributed by atoms with Gasteiger partial charge in [0.2, 0.25) is 0 Å². The van der Waals surface area contributed by atoms with E-state index in [1.165, 1.54) is 31.6 Å². The molecule has 0 aliphatic heterocycles. The number of halogens is 1. The second kappa shape index (κ2) is 7.23. The second-order valence-corrected chi connectivity index (χ2v) is 5.41. The Hall–Kier alpha value is -3.06. The van der Waals surface area contributed by atoms with Crippen LogP contribution in [0.4, 0.5) is 5.69 Å². The normalized spacial score (nSPS) is 10.4. The molecule has 0 unspecified atom stereocenters. The summed E-state index contributed by atoms with van der Waals surface area (Å²) in [5.74, 6) is 0.701. The van der Waals surface area contributed by atoms with E-state index in [0.717, 1.165) is 0 Å². The third-order valence-electron chi connectivity index (χ3n) is 3.53. The van der Waals surface area contributed by atoms with Crippen LogP contribution < -0.4 is 14.8 Å². The number of methoxy groups -OCH3 is 2. The van der Waals surface area contributed by atoms with Crippen molar-refractivity contribution in [3.63, 3.8) is 0 Å². The summed E-state index contributed by atoms with van der Waals surface area (Å²) in [5.41, 5.74) is 1.47. The van der Waals surface area contributed by atoms with Crippen LogP contribution >= 0.6 is 11.6 Å². The molecule has 8 heteroatoms. The summed E-state index contributed by atoms with van der Waals surface area (Å²) < 4.78 is 11.9. The molecule has 128 valence electrons. The van der Waals surface area contributed by atoms with Crippen LogP contribution in [0.5, 0.6) is 11.5 Å². The third-order valence-corrected chi connectivity index (χ3v) is 3.83. The van der Waals surface area contributed by atoms with Crippen molar-refractivity contribution in [2.24, 2.45) is 0 Å². The summed E-state index contributed by atoms with van der Waals surface area (Å²) in [6, 6.07) is 10.1. The van der Waals surface area contributed by atoms with Crippen molar-refractivity contribution < 1.29 is 14.3 Å². The molecule has 25 heavy (non-hydrogen) atoms. The van der Waals surface area contributed by atoms with Gasteiger partial charge in [-0.15, -0.1) is 0 Å². The van der Waals surface area contributed by atoms with E-state index in [9.17, 15) is 4.79 Å². The number of rotatable bonds is 5. The van der Waals surface area contributed by atoms with Crippen LogP contribution in [0.2, 0.25) is 5.02 Å². The molecule has 0 bridgehead atoms. The first-order valence-electron chi connectivity index (χ1n) is 7.31. The second-order valence-electron chi connectivity index (χ2n) is 5.00. The minimum atomic E-state index is -0.315. The first-order valence-corrected chi connectivity index (χ1v) is 7.68. The van der Waals surface area contributed by atoms with Gasteiger partial charge in [0, 0.05) is 5.56 Å². The van der Waals surface area contributed by atoms with Crippen LogP contribution in [-0.4, -0.2) is 34.9 Å². The summed E-state index contributed by atoms with van der Waals surface area (Å²) in [5, 5.41) is 7.35. The lowest BCUT2D eigenvalue weighted by molar-refractivity contribution is 0.102. The molecule has 1 heterocycles. The van der Waals surface area contributed by atoms with E-state index >= 15 is 0 Å². The number of aromatic nitrogens is 3. The van der Waals surface area contributed by atoms with Crippen molar-refractivity contribution in [2.45, 2.75) is 0 Å². The number of anilines is 1. The van der Waals surface area contributed by atoms with Gasteiger partial charge in [-0.25, -0.2) is 9.67 Å². The minimum Gasteiger partial charge on any atom is -0.493 e. The first kappa shape index (κ1) is 16.8. The van der Waals surface area contributed by atoms with Crippen molar-refractivity contribution in [3.8, 4) is 17.2 Å². The van der Waals surface area contributed by atoms with E-state index in [-0.39, 0.29) is 5.91 Å². The Morgan fingerprint density at radius 2 is 1.96 bits per heavy atom. The highest BCUT2D eigenvalue weighted by atomic mass is 35.5. The maximum absolute atomic E-state index is 12.6. The molecule has 3 rings (SSSR count). The summed E-state index contributed by atoms with van der Waals surface area (Å²) in [7, 11) is 3.05. The predicted molar refractivity (Wildman–Crippen MR) is 93.9 cm³/mol. The molecule has 0 fully saturated rings. The molecule has 0 radical (unpaired) electrons. The Bertz CT molecular complexity index is 897. The number of hydrogen-bond donors (Lipinski definition) is 1. The Morgan fingerprint density at radius 3 is 2.64 bits per heavy atom. The lowest BCUT2D eigenvalue weighted by Crippen LogP contribution is -2.14. The first-order chi connectivity index (χ1) is 12.1. The van der Waals surface area contributed by atoms with Crippen LogP contribution in [0.15, 0.2) is 49.1 Å². The summed E-state index contributed by atoms with van der Waals surface area (Å²) in [4.78, 5) is 16.5. The maximum atomic E-state index is 12.6. The Morgan fingerprint density at radius 1 is 1.16 bits per heavy atom. The maximum Gasteiger partial charge on any atom is 0.255 e. The molecule has 0 spiro atoms. The Balaban J connectivity index is 1.93. The SMILES string of the molecule is COc1ccc(C(=O)Nc2cccc(Cl)c2-n2cncn2)cc1OC. The highest BCUT2D eigenvalue weighted by molar-refractivity contribution is 6.33. The molecule has 7 nitrogen and oxygen atoms in total. The van der Waals surface area contributed by atoms with Gasteiger partial charge in [-0.1, -0.05) is 17.7 Å². The van der Waals surface area contributed by atoms with Gasteiger partial charge in [-0.3, -0.25) is 4.79 Å². The zero-order chi connectivity index (χ0) is 17.8. The molecule has 2 aromatic carbocycles. The molecule has 0 saturated heterocycles.